The molecule has 1 aromatic heterocycles. The molecule has 0 spiro atoms. The maximum atomic E-state index is 12.7. The number of hydrogen-bond acceptors (Lipinski definition) is 3. The van der Waals surface area contributed by atoms with Crippen LogP contribution in [-0.4, -0.2) is 16.1 Å². The molecule has 2 heterocycles. The Hall–Kier alpha value is -2.30. The Morgan fingerprint density at radius 2 is 2.19 bits per heavy atom. The first kappa shape index (κ1) is 13.7. The van der Waals surface area contributed by atoms with Crippen LogP contribution in [-0.2, 0) is 17.8 Å². The molecule has 0 saturated carbocycles. The van der Waals surface area contributed by atoms with Gasteiger partial charge in [-0.3, -0.25) is 9.59 Å². The normalized spacial score (nSPS) is 18.4. The molecule has 1 aromatic rings. The van der Waals surface area contributed by atoms with Gasteiger partial charge in [-0.1, -0.05) is 24.1 Å². The average molecular weight is 284 g/mol. The van der Waals surface area contributed by atoms with Crippen molar-refractivity contribution in [3.8, 4) is 0 Å². The summed E-state index contributed by atoms with van der Waals surface area (Å²) in [5, 5.41) is 0. The summed E-state index contributed by atoms with van der Waals surface area (Å²) in [7, 11) is 0. The number of hydrogen-bond donors (Lipinski definition) is 0. The fourth-order valence-corrected chi connectivity index (χ4v) is 2.98. The Morgan fingerprint density at radius 3 is 2.86 bits per heavy atom. The van der Waals surface area contributed by atoms with E-state index in [-0.39, 0.29) is 23.9 Å². The summed E-state index contributed by atoms with van der Waals surface area (Å²) < 4.78 is 3.56. The molecule has 1 atom stereocenters. The minimum absolute atomic E-state index is 0.00602. The molecule has 21 heavy (non-hydrogen) atoms. The van der Waals surface area contributed by atoms with Crippen LogP contribution in [0.3, 0.4) is 0 Å². The summed E-state index contributed by atoms with van der Waals surface area (Å²) in [6.45, 7) is 5.64. The van der Waals surface area contributed by atoms with Gasteiger partial charge in [-0.15, -0.1) is 0 Å². The van der Waals surface area contributed by atoms with Gasteiger partial charge in [0, 0.05) is 0 Å². The van der Waals surface area contributed by atoms with Crippen molar-refractivity contribution in [2.75, 3.05) is 0 Å². The quantitative estimate of drug-likeness (QED) is 0.787. The van der Waals surface area contributed by atoms with Crippen molar-refractivity contribution in [1.82, 2.24) is 4.57 Å². The summed E-state index contributed by atoms with van der Waals surface area (Å²) in [4.78, 5) is 28.9. The van der Waals surface area contributed by atoms with Crippen LogP contribution in [0.1, 0.15) is 31.1 Å². The number of allylic oxidation sites excluding steroid dienone is 4. The molecule has 0 saturated heterocycles. The number of Topliss-reactive ketones (excluding diaryl/α,β-unsaturated/α-hetero) is 1. The molecular formula is C16H18N3O2+. The third-order valence-electron chi connectivity index (χ3n) is 3.99. The number of aromatic nitrogens is 2. The van der Waals surface area contributed by atoms with Crippen molar-refractivity contribution in [1.29, 1.82) is 0 Å². The zero-order chi connectivity index (χ0) is 15.1. The van der Waals surface area contributed by atoms with E-state index in [1.807, 2.05) is 42.7 Å². The molecule has 0 fully saturated rings. The van der Waals surface area contributed by atoms with Crippen LogP contribution >= 0.6 is 0 Å². The predicted octanol–water partition coefficient (Wildman–Crippen LogP) is 1.35. The van der Waals surface area contributed by atoms with Crippen molar-refractivity contribution in [2.24, 2.45) is 4.99 Å². The van der Waals surface area contributed by atoms with E-state index in [4.69, 9.17) is 0 Å². The highest BCUT2D eigenvalue weighted by atomic mass is 16.1. The second-order valence-corrected chi connectivity index (χ2v) is 5.41. The van der Waals surface area contributed by atoms with Crippen molar-refractivity contribution >= 4 is 17.4 Å². The first-order chi connectivity index (χ1) is 10.0. The lowest BCUT2D eigenvalue weighted by molar-refractivity contribution is -0.681. The largest absolute Gasteiger partial charge is 0.403 e. The Balaban J connectivity index is 2.32. The summed E-state index contributed by atoms with van der Waals surface area (Å²) in [6.07, 6.45) is 8.35. The smallest absolute Gasteiger partial charge is 0.296 e. The summed E-state index contributed by atoms with van der Waals surface area (Å²) >= 11 is 0. The first-order valence-electron chi connectivity index (χ1n) is 7.15. The molecule has 108 valence electrons. The summed E-state index contributed by atoms with van der Waals surface area (Å²) in [5.41, 5.74) is 2.42. The van der Waals surface area contributed by atoms with Crippen molar-refractivity contribution in [2.45, 2.75) is 39.8 Å². The van der Waals surface area contributed by atoms with E-state index in [0.29, 0.717) is 12.4 Å². The van der Waals surface area contributed by atoms with E-state index < -0.39 is 0 Å². The number of rotatable bonds is 3. The number of aliphatic imine (C=N–C) groups is 1. The third kappa shape index (κ3) is 2.00. The van der Waals surface area contributed by atoms with Crippen LogP contribution in [0.4, 0.5) is 5.95 Å². The fraction of sp³-hybridized carbons (Fsp3) is 0.375. The summed E-state index contributed by atoms with van der Waals surface area (Å²) in [5.74, 6) is 0.619. The van der Waals surface area contributed by atoms with E-state index in [0.717, 1.165) is 17.0 Å². The van der Waals surface area contributed by atoms with Crippen LogP contribution in [0.5, 0.6) is 0 Å². The first-order valence-corrected chi connectivity index (χ1v) is 7.15. The average Bonchev–Trinajstić information content (AvgIpc) is 2.83. The molecular weight excluding hydrogens is 266 g/mol. The molecule has 1 aliphatic carbocycles. The number of carbonyl (C=O) groups is 1. The SMILES string of the molecule is CCc1c(C)[n+](CC(C)=O)c2n(c1=O)C1C=CC=CC1=N2. The van der Waals surface area contributed by atoms with Crippen LogP contribution in [0.2, 0.25) is 0 Å². The van der Waals surface area contributed by atoms with Gasteiger partial charge in [0.1, 0.15) is 6.54 Å². The zero-order valence-electron chi connectivity index (χ0n) is 12.5. The Bertz CT molecular complexity index is 782. The van der Waals surface area contributed by atoms with E-state index in [2.05, 4.69) is 4.99 Å². The molecule has 0 amide bonds. The highest BCUT2D eigenvalue weighted by Crippen LogP contribution is 2.27. The number of carbonyl (C=O) groups excluding carboxylic acids is 1. The van der Waals surface area contributed by atoms with Crippen molar-refractivity contribution in [3.05, 3.63) is 45.9 Å². The van der Waals surface area contributed by atoms with E-state index >= 15 is 0 Å². The molecule has 0 aromatic carbocycles. The van der Waals surface area contributed by atoms with Gasteiger partial charge in [-0.25, -0.2) is 4.57 Å². The van der Waals surface area contributed by atoms with Gasteiger partial charge in [-0.05, 0) is 32.4 Å². The van der Waals surface area contributed by atoms with E-state index in [1.54, 1.807) is 11.5 Å². The minimum atomic E-state index is -0.151. The lowest BCUT2D eigenvalue weighted by Crippen LogP contribution is -2.47. The molecule has 0 N–H and O–H groups in total. The van der Waals surface area contributed by atoms with Gasteiger partial charge in [0.15, 0.2) is 17.5 Å². The fourth-order valence-electron chi connectivity index (χ4n) is 2.98. The summed E-state index contributed by atoms with van der Waals surface area (Å²) in [6, 6.07) is -0.151. The van der Waals surface area contributed by atoms with Gasteiger partial charge in [0.05, 0.1) is 11.3 Å². The molecule has 5 heteroatoms. The monoisotopic (exact) mass is 284 g/mol. The second kappa shape index (κ2) is 4.91. The number of ketones is 1. The maximum Gasteiger partial charge on any atom is 0.403 e. The van der Waals surface area contributed by atoms with Crippen LogP contribution < -0.4 is 10.1 Å². The highest BCUT2D eigenvalue weighted by Gasteiger charge is 2.38. The van der Waals surface area contributed by atoms with Gasteiger partial charge in [0.25, 0.3) is 0 Å². The number of fused-ring (bicyclic) bond motifs is 3. The molecule has 0 bridgehead atoms. The van der Waals surface area contributed by atoms with Gasteiger partial charge >= 0.3 is 11.5 Å². The van der Waals surface area contributed by atoms with Crippen molar-refractivity contribution < 1.29 is 9.36 Å². The second-order valence-electron chi connectivity index (χ2n) is 5.41. The zero-order valence-corrected chi connectivity index (χ0v) is 12.5. The Morgan fingerprint density at radius 1 is 1.43 bits per heavy atom. The molecule has 5 nitrogen and oxygen atoms in total. The molecule has 1 unspecified atom stereocenters. The molecule has 3 rings (SSSR count). The van der Waals surface area contributed by atoms with Crippen LogP contribution in [0.25, 0.3) is 0 Å². The molecule has 2 aliphatic rings. The van der Waals surface area contributed by atoms with Gasteiger partial charge < -0.3 is 0 Å². The topological polar surface area (TPSA) is 55.3 Å². The predicted molar refractivity (Wildman–Crippen MR) is 80.1 cm³/mol. The standard InChI is InChI=1S/C16H18N3O2/c1-4-12-11(3)18(9-10(2)20)16-17-13-7-5-6-8-14(13)19(16)15(12)21/h5-8,14H,4,9H2,1-3H3/q+1. The lowest BCUT2D eigenvalue weighted by Gasteiger charge is -2.13. The van der Waals surface area contributed by atoms with E-state index in [1.165, 1.54) is 0 Å². The van der Waals surface area contributed by atoms with E-state index in [9.17, 15) is 9.59 Å². The molecule has 0 radical (unpaired) electrons. The van der Waals surface area contributed by atoms with Crippen LogP contribution in [0, 0.1) is 6.92 Å². The van der Waals surface area contributed by atoms with Crippen LogP contribution in [0.15, 0.2) is 34.1 Å². The maximum absolute atomic E-state index is 12.7. The third-order valence-corrected chi connectivity index (χ3v) is 3.99. The van der Waals surface area contributed by atoms with Crippen molar-refractivity contribution in [3.63, 3.8) is 0 Å². The Kier molecular flexibility index (Phi) is 3.20. The number of nitrogens with zero attached hydrogens (tertiary/aromatic N) is 3. The highest BCUT2D eigenvalue weighted by molar-refractivity contribution is 6.03. The minimum Gasteiger partial charge on any atom is -0.296 e. The Labute approximate surface area is 122 Å². The molecule has 1 aliphatic heterocycles. The lowest BCUT2D eigenvalue weighted by atomic mass is 10.1. The van der Waals surface area contributed by atoms with Gasteiger partial charge in [-0.2, -0.15) is 4.57 Å². The van der Waals surface area contributed by atoms with Gasteiger partial charge in [0.2, 0.25) is 0 Å².